The number of nitrogens with zero attached hydrogens (tertiary/aromatic N) is 1. The number of carbonyl (C=O) groups excluding carboxylic acids is 2. The van der Waals surface area contributed by atoms with Crippen LogP contribution >= 0.6 is 0 Å². The van der Waals surface area contributed by atoms with Crippen molar-refractivity contribution in [3.05, 3.63) is 71.1 Å². The van der Waals surface area contributed by atoms with Crippen LogP contribution in [0.2, 0.25) is 0 Å². The number of allylic oxidation sites excluding steroid dienone is 6. The molecule has 4 heteroatoms. The number of ketones is 2. The highest BCUT2D eigenvalue weighted by atomic mass is 19.1. The molecule has 3 nitrogen and oxygen atoms in total. The van der Waals surface area contributed by atoms with Crippen molar-refractivity contribution < 1.29 is 14.0 Å². The Labute approximate surface area is 142 Å². The van der Waals surface area contributed by atoms with Crippen molar-refractivity contribution in [3.8, 4) is 0 Å². The Morgan fingerprint density at radius 2 is 1.83 bits per heavy atom. The topological polar surface area (TPSA) is 37.4 Å². The van der Waals surface area contributed by atoms with Crippen molar-refractivity contribution in [2.75, 3.05) is 14.1 Å². The first-order valence-corrected chi connectivity index (χ1v) is 7.99. The van der Waals surface area contributed by atoms with E-state index in [2.05, 4.69) is 0 Å². The van der Waals surface area contributed by atoms with Crippen LogP contribution in [0.3, 0.4) is 0 Å². The van der Waals surface area contributed by atoms with Crippen LogP contribution in [0.25, 0.3) is 0 Å². The Morgan fingerprint density at radius 3 is 2.58 bits per heavy atom. The van der Waals surface area contributed by atoms with Gasteiger partial charge in [-0.25, -0.2) is 4.39 Å². The van der Waals surface area contributed by atoms with E-state index in [1.54, 1.807) is 18.2 Å². The van der Waals surface area contributed by atoms with Gasteiger partial charge in [-0.15, -0.1) is 0 Å². The Kier molecular flexibility index (Phi) is 6.38. The molecule has 0 amide bonds. The Bertz CT molecular complexity index is 714. The van der Waals surface area contributed by atoms with Crippen molar-refractivity contribution in [3.63, 3.8) is 0 Å². The lowest BCUT2D eigenvalue weighted by molar-refractivity contribution is -0.115. The average Bonchev–Trinajstić information content (AvgIpc) is 2.77. The van der Waals surface area contributed by atoms with Crippen LogP contribution in [0.15, 0.2) is 60.0 Å². The summed E-state index contributed by atoms with van der Waals surface area (Å²) in [4.78, 5) is 26.7. The molecule has 1 aliphatic carbocycles. The third-order valence-electron chi connectivity index (χ3n) is 3.78. The highest BCUT2D eigenvalue weighted by Gasteiger charge is 2.15. The molecule has 0 saturated carbocycles. The van der Waals surface area contributed by atoms with E-state index in [0.717, 1.165) is 5.56 Å². The second kappa shape index (κ2) is 8.50. The Balaban J connectivity index is 2.00. The van der Waals surface area contributed by atoms with Crippen LogP contribution in [0.4, 0.5) is 4.39 Å². The smallest absolute Gasteiger partial charge is 0.163 e. The minimum Gasteiger partial charge on any atom is -0.305 e. The fourth-order valence-electron chi connectivity index (χ4n) is 2.58. The highest BCUT2D eigenvalue weighted by Crippen LogP contribution is 2.17. The molecule has 0 radical (unpaired) electrons. The molecule has 1 aliphatic rings. The van der Waals surface area contributed by atoms with Gasteiger partial charge in [-0.2, -0.15) is 0 Å². The van der Waals surface area contributed by atoms with Crippen LogP contribution in [-0.4, -0.2) is 30.6 Å². The van der Waals surface area contributed by atoms with Gasteiger partial charge in [0, 0.05) is 36.9 Å². The molecule has 0 saturated heterocycles. The molecule has 0 fully saturated rings. The van der Waals surface area contributed by atoms with E-state index in [9.17, 15) is 14.0 Å². The minimum atomic E-state index is -0.275. The molecule has 1 aromatic rings. The summed E-state index contributed by atoms with van der Waals surface area (Å²) >= 11 is 0. The van der Waals surface area contributed by atoms with Crippen molar-refractivity contribution >= 4 is 11.6 Å². The fourth-order valence-corrected chi connectivity index (χ4v) is 2.58. The van der Waals surface area contributed by atoms with E-state index in [0.29, 0.717) is 17.7 Å². The van der Waals surface area contributed by atoms with Crippen LogP contribution in [-0.2, 0) is 11.3 Å². The number of hydrogen-bond acceptors (Lipinski definition) is 3. The molecule has 126 valence electrons. The van der Waals surface area contributed by atoms with E-state index in [1.807, 2.05) is 37.2 Å². The molecule has 2 rings (SSSR count). The largest absolute Gasteiger partial charge is 0.305 e. The lowest BCUT2D eigenvalue weighted by Crippen LogP contribution is -2.15. The van der Waals surface area contributed by atoms with Crippen molar-refractivity contribution in [1.29, 1.82) is 0 Å². The standard InChI is InChI=1S/C20H22FNO2/c1-22(2)14-16-6-3-4-9-18(16)20(24)13-12-19(23)15-7-5-8-17(21)11-10-15/h3-10H,11-14H2,1-2H3. The summed E-state index contributed by atoms with van der Waals surface area (Å²) in [6.45, 7) is 0.675. The second-order valence-electron chi connectivity index (χ2n) is 6.08. The van der Waals surface area contributed by atoms with Crippen LogP contribution < -0.4 is 0 Å². The summed E-state index contributed by atoms with van der Waals surface area (Å²) in [7, 11) is 3.89. The van der Waals surface area contributed by atoms with Gasteiger partial charge < -0.3 is 4.90 Å². The SMILES string of the molecule is CN(C)Cc1ccccc1C(=O)CCC(=O)C1=CCC(F)=CC=C1. The summed E-state index contributed by atoms with van der Waals surface area (Å²) in [5, 5.41) is 0. The van der Waals surface area contributed by atoms with E-state index >= 15 is 0 Å². The third-order valence-corrected chi connectivity index (χ3v) is 3.78. The molecule has 24 heavy (non-hydrogen) atoms. The number of rotatable bonds is 7. The van der Waals surface area contributed by atoms with Crippen LogP contribution in [0.5, 0.6) is 0 Å². The molecular formula is C20H22FNO2. The van der Waals surface area contributed by atoms with Crippen molar-refractivity contribution in [2.45, 2.75) is 25.8 Å². The number of halogens is 1. The molecule has 0 spiro atoms. The normalized spacial score (nSPS) is 14.2. The lowest BCUT2D eigenvalue weighted by Gasteiger charge is -2.13. The summed E-state index contributed by atoms with van der Waals surface area (Å²) in [6, 6.07) is 7.47. The zero-order valence-corrected chi connectivity index (χ0v) is 14.1. The van der Waals surface area contributed by atoms with Gasteiger partial charge in [-0.3, -0.25) is 9.59 Å². The first-order chi connectivity index (χ1) is 11.5. The summed E-state index contributed by atoms with van der Waals surface area (Å²) in [5.74, 6) is -0.446. The average molecular weight is 327 g/mol. The lowest BCUT2D eigenvalue weighted by atomic mass is 9.97. The summed E-state index contributed by atoms with van der Waals surface area (Å²) < 4.78 is 13.2. The molecule has 0 aromatic heterocycles. The van der Waals surface area contributed by atoms with Crippen molar-refractivity contribution in [2.24, 2.45) is 0 Å². The number of carbonyl (C=O) groups is 2. The van der Waals surface area contributed by atoms with Gasteiger partial charge in [0.25, 0.3) is 0 Å². The molecule has 0 atom stereocenters. The summed E-state index contributed by atoms with van der Waals surface area (Å²) in [6.07, 6.45) is 6.45. The second-order valence-corrected chi connectivity index (χ2v) is 6.08. The number of benzene rings is 1. The predicted molar refractivity (Wildman–Crippen MR) is 93.4 cm³/mol. The molecular weight excluding hydrogens is 305 g/mol. The molecule has 0 bridgehead atoms. The molecule has 0 unspecified atom stereocenters. The van der Waals surface area contributed by atoms with E-state index in [4.69, 9.17) is 0 Å². The molecule has 1 aromatic carbocycles. The third kappa shape index (κ3) is 5.10. The Hall–Kier alpha value is -2.33. The van der Waals surface area contributed by atoms with Gasteiger partial charge in [0.2, 0.25) is 0 Å². The minimum absolute atomic E-state index is 0.0386. The van der Waals surface area contributed by atoms with E-state index < -0.39 is 0 Å². The van der Waals surface area contributed by atoms with Gasteiger partial charge in [-0.05, 0) is 25.7 Å². The zero-order valence-electron chi connectivity index (χ0n) is 14.1. The van der Waals surface area contributed by atoms with Crippen LogP contribution in [0, 0.1) is 0 Å². The van der Waals surface area contributed by atoms with Gasteiger partial charge in [0.1, 0.15) is 5.83 Å². The monoisotopic (exact) mass is 327 g/mol. The van der Waals surface area contributed by atoms with Gasteiger partial charge in [0.15, 0.2) is 11.6 Å². The quantitative estimate of drug-likeness (QED) is 0.710. The molecule has 0 N–H and O–H groups in total. The van der Waals surface area contributed by atoms with Crippen molar-refractivity contribution in [1.82, 2.24) is 4.90 Å². The first-order valence-electron chi connectivity index (χ1n) is 7.99. The summed E-state index contributed by atoms with van der Waals surface area (Å²) in [5.41, 5.74) is 2.09. The number of hydrogen-bond donors (Lipinski definition) is 0. The van der Waals surface area contributed by atoms with Gasteiger partial charge in [0.05, 0.1) is 0 Å². The molecule has 0 aliphatic heterocycles. The van der Waals surface area contributed by atoms with Gasteiger partial charge >= 0.3 is 0 Å². The maximum absolute atomic E-state index is 13.2. The zero-order chi connectivity index (χ0) is 17.5. The first kappa shape index (κ1) is 18.0. The van der Waals surface area contributed by atoms with Crippen LogP contribution in [0.1, 0.15) is 35.2 Å². The van der Waals surface area contributed by atoms with E-state index in [-0.39, 0.29) is 36.7 Å². The maximum Gasteiger partial charge on any atom is 0.163 e. The van der Waals surface area contributed by atoms with Gasteiger partial charge in [-0.1, -0.05) is 42.5 Å². The maximum atomic E-state index is 13.2. The van der Waals surface area contributed by atoms with E-state index in [1.165, 1.54) is 12.2 Å². The fraction of sp³-hybridized carbons (Fsp3) is 0.300. The predicted octanol–water partition coefficient (Wildman–Crippen LogP) is 4.02. The number of Topliss-reactive ketones (excluding diaryl/α,β-unsaturated/α-hetero) is 2. The molecule has 0 heterocycles. The Morgan fingerprint density at radius 1 is 1.12 bits per heavy atom. The highest BCUT2D eigenvalue weighted by molar-refractivity contribution is 6.03.